The lowest BCUT2D eigenvalue weighted by atomic mass is 10.1. The second kappa shape index (κ2) is 14.1. The van der Waals surface area contributed by atoms with Crippen LogP contribution >= 0.6 is 24.8 Å². The number of hydrogen-bond donors (Lipinski definition) is 3. The third-order valence-electron chi connectivity index (χ3n) is 7.67. The van der Waals surface area contributed by atoms with Crippen LogP contribution < -0.4 is 11.1 Å². The molecular weight excluding hydrogens is 533 g/mol. The Kier molecular flexibility index (Phi) is 11.2. The topological polar surface area (TPSA) is 105 Å². The number of nitrogens with one attached hydrogen (secondary N) is 2. The Morgan fingerprint density at radius 2 is 1.87 bits per heavy atom. The summed E-state index contributed by atoms with van der Waals surface area (Å²) in [5.74, 6) is 0.381. The second-order valence-electron chi connectivity index (χ2n) is 10.4. The SMILES string of the molecule is Cc1nn(CCCCCCCCN)c2cc(C(=O)Nc3cc4[nH]c(C5CCCN5C)cc4cn3)ccc12.Cl.Cl. The van der Waals surface area contributed by atoms with Gasteiger partial charge in [0.1, 0.15) is 5.82 Å². The Morgan fingerprint density at radius 3 is 2.62 bits per heavy atom. The number of unbranched alkanes of at least 4 members (excludes halogenated alkanes) is 5. The molecule has 1 aliphatic heterocycles. The van der Waals surface area contributed by atoms with Crippen LogP contribution in [0.5, 0.6) is 0 Å². The van der Waals surface area contributed by atoms with E-state index in [-0.39, 0.29) is 30.7 Å². The number of fused-ring (bicyclic) bond motifs is 2. The van der Waals surface area contributed by atoms with Gasteiger partial charge in [0, 0.05) is 46.9 Å². The first-order chi connectivity index (χ1) is 18.0. The number of carbonyl (C=O) groups excluding carboxylic acids is 1. The van der Waals surface area contributed by atoms with E-state index >= 15 is 0 Å². The van der Waals surface area contributed by atoms with E-state index in [1.54, 1.807) is 0 Å². The first-order valence-corrected chi connectivity index (χ1v) is 13.7. The highest BCUT2D eigenvalue weighted by atomic mass is 35.5. The fourth-order valence-corrected chi connectivity index (χ4v) is 5.55. The molecule has 0 aliphatic carbocycles. The molecule has 3 aromatic heterocycles. The number of hydrogen-bond acceptors (Lipinski definition) is 5. The van der Waals surface area contributed by atoms with Crippen molar-refractivity contribution in [1.82, 2.24) is 24.6 Å². The van der Waals surface area contributed by atoms with Crippen LogP contribution in [0.1, 0.15) is 79.2 Å². The summed E-state index contributed by atoms with van der Waals surface area (Å²) in [6, 6.07) is 10.3. The predicted octanol–water partition coefficient (Wildman–Crippen LogP) is 6.38. The summed E-state index contributed by atoms with van der Waals surface area (Å²) in [6.45, 7) is 4.79. The van der Waals surface area contributed by atoms with E-state index < -0.39 is 0 Å². The number of halogens is 2. The molecule has 4 N–H and O–H groups in total. The molecule has 4 heterocycles. The molecule has 0 bridgehead atoms. The summed E-state index contributed by atoms with van der Waals surface area (Å²) >= 11 is 0. The first-order valence-electron chi connectivity index (χ1n) is 13.7. The molecule has 1 saturated heterocycles. The van der Waals surface area contributed by atoms with Crippen molar-refractivity contribution in [2.24, 2.45) is 5.73 Å². The van der Waals surface area contributed by atoms with Gasteiger partial charge >= 0.3 is 0 Å². The Morgan fingerprint density at radius 1 is 1.10 bits per heavy atom. The molecule has 1 aromatic carbocycles. The summed E-state index contributed by atoms with van der Waals surface area (Å²) in [5, 5.41) is 9.89. The predicted molar refractivity (Wildman–Crippen MR) is 164 cm³/mol. The number of H-pyrrole nitrogens is 1. The summed E-state index contributed by atoms with van der Waals surface area (Å²) < 4.78 is 2.05. The number of benzene rings is 1. The van der Waals surface area contributed by atoms with Gasteiger partial charge < -0.3 is 16.0 Å². The summed E-state index contributed by atoms with van der Waals surface area (Å²) in [6.07, 6.45) is 11.2. The number of nitrogens with two attached hydrogens (primary N) is 1. The third-order valence-corrected chi connectivity index (χ3v) is 7.67. The molecule has 8 nitrogen and oxygen atoms in total. The maximum absolute atomic E-state index is 13.1. The fourth-order valence-electron chi connectivity index (χ4n) is 5.55. The van der Waals surface area contributed by atoms with Crippen molar-refractivity contribution >= 4 is 58.3 Å². The average Bonchev–Trinajstić information content (AvgIpc) is 3.59. The zero-order valence-electron chi connectivity index (χ0n) is 22.9. The molecule has 212 valence electrons. The van der Waals surface area contributed by atoms with Crippen LogP contribution in [0.4, 0.5) is 5.82 Å². The highest BCUT2D eigenvalue weighted by molar-refractivity contribution is 6.06. The molecule has 1 aliphatic rings. The van der Waals surface area contributed by atoms with E-state index in [1.165, 1.54) is 37.8 Å². The number of aryl methyl sites for hydroxylation is 2. The molecule has 1 atom stereocenters. The smallest absolute Gasteiger partial charge is 0.256 e. The van der Waals surface area contributed by atoms with Crippen molar-refractivity contribution in [2.75, 3.05) is 25.5 Å². The summed E-state index contributed by atoms with van der Waals surface area (Å²) in [7, 11) is 2.17. The number of aromatic amines is 1. The summed E-state index contributed by atoms with van der Waals surface area (Å²) in [4.78, 5) is 23.6. The van der Waals surface area contributed by atoms with Gasteiger partial charge in [-0.1, -0.05) is 31.7 Å². The Labute approximate surface area is 242 Å². The van der Waals surface area contributed by atoms with E-state index in [9.17, 15) is 4.79 Å². The molecule has 0 spiro atoms. The van der Waals surface area contributed by atoms with Crippen molar-refractivity contribution in [1.29, 1.82) is 0 Å². The molecule has 10 heteroatoms. The van der Waals surface area contributed by atoms with E-state index in [4.69, 9.17) is 10.8 Å². The van der Waals surface area contributed by atoms with Gasteiger partial charge in [0.05, 0.1) is 16.7 Å². The number of rotatable bonds is 11. The monoisotopic (exact) mass is 573 g/mol. The van der Waals surface area contributed by atoms with E-state index in [2.05, 4.69) is 33.3 Å². The van der Waals surface area contributed by atoms with Crippen LogP contribution in [-0.4, -0.2) is 50.7 Å². The van der Waals surface area contributed by atoms with Gasteiger partial charge in [-0.15, -0.1) is 24.8 Å². The molecular formula is C29H41Cl2N7O. The quantitative estimate of drug-likeness (QED) is 0.180. The van der Waals surface area contributed by atoms with Crippen molar-refractivity contribution < 1.29 is 4.79 Å². The highest BCUT2D eigenvalue weighted by Gasteiger charge is 2.24. The second-order valence-corrected chi connectivity index (χ2v) is 10.4. The number of likely N-dealkylation sites (tertiary alicyclic amines) is 1. The van der Waals surface area contributed by atoms with Gasteiger partial charge in [-0.3, -0.25) is 14.4 Å². The third kappa shape index (κ3) is 7.11. The zero-order valence-corrected chi connectivity index (χ0v) is 24.5. The zero-order chi connectivity index (χ0) is 25.8. The Balaban J connectivity index is 0.00000210. The minimum Gasteiger partial charge on any atom is -0.357 e. The van der Waals surface area contributed by atoms with Gasteiger partial charge in [-0.25, -0.2) is 4.98 Å². The van der Waals surface area contributed by atoms with Crippen molar-refractivity contribution in [3.8, 4) is 0 Å². The summed E-state index contributed by atoms with van der Waals surface area (Å²) in [5.41, 5.74) is 10.4. The van der Waals surface area contributed by atoms with E-state index in [1.807, 2.05) is 42.1 Å². The van der Waals surface area contributed by atoms with E-state index in [0.717, 1.165) is 66.4 Å². The van der Waals surface area contributed by atoms with Gasteiger partial charge in [0.15, 0.2) is 0 Å². The molecule has 0 saturated carbocycles. The highest BCUT2D eigenvalue weighted by Crippen LogP contribution is 2.32. The number of anilines is 1. The van der Waals surface area contributed by atoms with Crippen LogP contribution in [0, 0.1) is 6.92 Å². The Bertz CT molecular complexity index is 1380. The molecule has 5 rings (SSSR count). The normalized spacial score (nSPS) is 15.4. The maximum atomic E-state index is 13.1. The van der Waals surface area contributed by atoms with Crippen molar-refractivity contribution in [2.45, 2.75) is 70.9 Å². The van der Waals surface area contributed by atoms with Crippen LogP contribution in [0.15, 0.2) is 36.5 Å². The van der Waals surface area contributed by atoms with Crippen molar-refractivity contribution in [3.63, 3.8) is 0 Å². The molecule has 1 amide bonds. The number of nitrogens with zero attached hydrogens (tertiary/aromatic N) is 4. The van der Waals surface area contributed by atoms with E-state index in [0.29, 0.717) is 17.4 Å². The van der Waals surface area contributed by atoms with Gasteiger partial charge in [-0.2, -0.15) is 5.10 Å². The lowest BCUT2D eigenvalue weighted by Gasteiger charge is -2.17. The molecule has 1 unspecified atom stereocenters. The molecule has 0 radical (unpaired) electrons. The van der Waals surface area contributed by atoms with Crippen LogP contribution in [0.3, 0.4) is 0 Å². The molecule has 39 heavy (non-hydrogen) atoms. The van der Waals surface area contributed by atoms with Gasteiger partial charge in [0.2, 0.25) is 0 Å². The molecule has 4 aromatic rings. The minimum atomic E-state index is -0.165. The fraction of sp³-hybridized carbons (Fsp3) is 0.483. The Hall–Kier alpha value is -2.65. The minimum absolute atomic E-state index is 0. The van der Waals surface area contributed by atoms with Crippen molar-refractivity contribution in [3.05, 3.63) is 53.5 Å². The largest absolute Gasteiger partial charge is 0.357 e. The lowest BCUT2D eigenvalue weighted by Crippen LogP contribution is -2.17. The number of aromatic nitrogens is 4. The number of carbonyl (C=O) groups is 1. The van der Waals surface area contributed by atoms with Crippen LogP contribution in [-0.2, 0) is 6.54 Å². The number of pyridine rings is 1. The first kappa shape index (κ1) is 30.9. The van der Waals surface area contributed by atoms with Gasteiger partial charge in [-0.05, 0) is 70.9 Å². The lowest BCUT2D eigenvalue weighted by molar-refractivity contribution is 0.102. The molecule has 1 fully saturated rings. The standard InChI is InChI=1S/C29H39N7O.2ClH/c1-20-23-12-11-21(17-27(23)36(34-20)15-8-6-4-3-5-7-13-30)29(37)33-28-18-24-22(19-31-28)16-25(32-24)26-10-9-14-35(26)2;;/h11-12,16-19,26,32H,3-10,13-15,30H2,1-2H3,(H,31,33,37);2*1H. The number of amides is 1. The van der Waals surface area contributed by atoms with Crippen LogP contribution in [0.2, 0.25) is 0 Å². The van der Waals surface area contributed by atoms with Gasteiger partial charge in [0.25, 0.3) is 5.91 Å². The van der Waals surface area contributed by atoms with Crippen LogP contribution in [0.25, 0.3) is 21.8 Å². The maximum Gasteiger partial charge on any atom is 0.256 e. The average molecular weight is 575 g/mol.